The topological polar surface area (TPSA) is 149 Å². The molecule has 0 heterocycles. The molecule has 0 aliphatic carbocycles. The lowest BCUT2D eigenvalue weighted by molar-refractivity contribution is -0.150. The van der Waals surface area contributed by atoms with Crippen LogP contribution < -0.4 is 16.0 Å². The molecule has 0 radical (unpaired) electrons. The monoisotopic (exact) mass is 631 g/mol. The predicted molar refractivity (Wildman–Crippen MR) is 170 cm³/mol. The summed E-state index contributed by atoms with van der Waals surface area (Å²) in [5.41, 5.74) is 1.57. The highest BCUT2D eigenvalue weighted by Crippen LogP contribution is 2.10. The van der Waals surface area contributed by atoms with Crippen molar-refractivity contribution in [1.29, 1.82) is 0 Å². The zero-order valence-corrected chi connectivity index (χ0v) is 26.3. The number of rotatable bonds is 15. The van der Waals surface area contributed by atoms with Gasteiger partial charge in [-0.25, -0.2) is 9.59 Å². The first kappa shape index (κ1) is 35.3. The quantitative estimate of drug-likeness (QED) is 0.168. The van der Waals surface area contributed by atoms with Gasteiger partial charge in [0.25, 0.3) is 0 Å². The highest BCUT2D eigenvalue weighted by atomic mass is 16.6. The Kier molecular flexibility index (Phi) is 13.8. The van der Waals surface area contributed by atoms with Crippen molar-refractivity contribution in [2.24, 2.45) is 0 Å². The van der Waals surface area contributed by atoms with Crippen LogP contribution in [0.1, 0.15) is 50.3 Å². The first-order chi connectivity index (χ1) is 22.0. The van der Waals surface area contributed by atoms with Gasteiger partial charge in [0.2, 0.25) is 11.8 Å². The smallest absolute Gasteiger partial charge is 0.407 e. The average molecular weight is 632 g/mol. The van der Waals surface area contributed by atoms with Crippen molar-refractivity contribution in [3.05, 3.63) is 108 Å². The fourth-order valence-corrected chi connectivity index (χ4v) is 4.18. The molecule has 3 aromatic rings. The van der Waals surface area contributed by atoms with Crippen molar-refractivity contribution in [3.8, 4) is 0 Å². The van der Waals surface area contributed by atoms with E-state index in [9.17, 15) is 24.0 Å². The number of ether oxygens (including phenoxy) is 3. The number of nitrogens with one attached hydrogen (secondary N) is 3. The number of carbonyl (C=O) groups is 5. The Hall–Kier alpha value is -5.19. The van der Waals surface area contributed by atoms with Crippen LogP contribution in [-0.4, -0.2) is 54.1 Å². The molecular weight excluding hydrogens is 590 g/mol. The summed E-state index contributed by atoms with van der Waals surface area (Å²) >= 11 is 0. The Balaban J connectivity index is 1.70. The molecule has 3 aromatic carbocycles. The molecule has 0 fully saturated rings. The Morgan fingerprint density at radius 3 is 1.74 bits per heavy atom. The van der Waals surface area contributed by atoms with Gasteiger partial charge >= 0.3 is 18.0 Å². The summed E-state index contributed by atoms with van der Waals surface area (Å²) < 4.78 is 16.0. The third-order valence-electron chi connectivity index (χ3n) is 6.39. The Labute approximate surface area is 269 Å². The SMILES string of the molecule is CC(C)(C)OC(=O)NCCC(=O)N[C@@H](CC(=O)OCc1ccccc1)C(=O)N[C@@H](Cc1ccccc1)C(=O)OCc1ccccc1. The van der Waals surface area contributed by atoms with Crippen molar-refractivity contribution in [1.82, 2.24) is 16.0 Å². The highest BCUT2D eigenvalue weighted by Gasteiger charge is 2.30. The second-order valence-electron chi connectivity index (χ2n) is 11.5. The molecule has 0 bridgehead atoms. The van der Waals surface area contributed by atoms with Gasteiger partial charge in [-0.1, -0.05) is 91.0 Å². The average Bonchev–Trinajstić information content (AvgIpc) is 3.02. The number of esters is 2. The van der Waals surface area contributed by atoms with Crippen LogP contribution in [0.25, 0.3) is 0 Å². The fourth-order valence-electron chi connectivity index (χ4n) is 4.18. The van der Waals surface area contributed by atoms with E-state index in [1.807, 2.05) is 54.6 Å². The summed E-state index contributed by atoms with van der Waals surface area (Å²) in [6.07, 6.45) is -1.29. The minimum Gasteiger partial charge on any atom is -0.461 e. The van der Waals surface area contributed by atoms with Crippen LogP contribution in [0.2, 0.25) is 0 Å². The largest absolute Gasteiger partial charge is 0.461 e. The minimum absolute atomic E-state index is 0.00252. The Bertz CT molecular complexity index is 1430. The molecule has 0 saturated heterocycles. The molecule has 11 nitrogen and oxygen atoms in total. The van der Waals surface area contributed by atoms with Gasteiger partial charge in [-0.05, 0) is 37.5 Å². The normalized spacial score (nSPS) is 12.2. The van der Waals surface area contributed by atoms with E-state index < -0.39 is 54.0 Å². The Morgan fingerprint density at radius 2 is 1.20 bits per heavy atom. The van der Waals surface area contributed by atoms with Crippen LogP contribution in [0.4, 0.5) is 4.79 Å². The molecule has 0 saturated carbocycles. The lowest BCUT2D eigenvalue weighted by atomic mass is 10.0. The molecule has 0 aromatic heterocycles. The molecule has 2 atom stereocenters. The second kappa shape index (κ2) is 17.9. The predicted octanol–water partition coefficient (Wildman–Crippen LogP) is 3.99. The summed E-state index contributed by atoms with van der Waals surface area (Å²) in [4.78, 5) is 64.4. The molecule has 46 heavy (non-hydrogen) atoms. The zero-order chi connectivity index (χ0) is 33.4. The van der Waals surface area contributed by atoms with Gasteiger partial charge in [0.15, 0.2) is 0 Å². The van der Waals surface area contributed by atoms with Gasteiger partial charge in [0.1, 0.15) is 30.9 Å². The van der Waals surface area contributed by atoms with Crippen molar-refractivity contribution in [3.63, 3.8) is 0 Å². The molecule has 3 amide bonds. The van der Waals surface area contributed by atoms with Gasteiger partial charge in [-0.15, -0.1) is 0 Å². The number of benzene rings is 3. The van der Waals surface area contributed by atoms with E-state index in [4.69, 9.17) is 14.2 Å². The van der Waals surface area contributed by atoms with Crippen molar-refractivity contribution in [2.75, 3.05) is 6.54 Å². The molecular formula is C35H41N3O8. The van der Waals surface area contributed by atoms with E-state index in [1.165, 1.54) is 0 Å². The van der Waals surface area contributed by atoms with Gasteiger partial charge in [0, 0.05) is 19.4 Å². The first-order valence-electron chi connectivity index (χ1n) is 15.0. The van der Waals surface area contributed by atoms with E-state index in [1.54, 1.807) is 57.2 Å². The fraction of sp³-hybridized carbons (Fsp3) is 0.343. The van der Waals surface area contributed by atoms with Gasteiger partial charge in [-0.2, -0.15) is 0 Å². The van der Waals surface area contributed by atoms with Crippen molar-refractivity contribution in [2.45, 2.75) is 70.9 Å². The zero-order valence-electron chi connectivity index (χ0n) is 26.3. The summed E-state index contributed by atoms with van der Waals surface area (Å²) in [6.45, 7) is 5.03. The lowest BCUT2D eigenvalue weighted by Gasteiger charge is -2.23. The van der Waals surface area contributed by atoms with Gasteiger partial charge in [0.05, 0.1) is 6.42 Å². The molecule has 0 aliphatic heterocycles. The number of alkyl carbamates (subject to hydrolysis) is 1. The van der Waals surface area contributed by atoms with Crippen molar-refractivity contribution >= 4 is 29.8 Å². The van der Waals surface area contributed by atoms with Crippen LogP contribution in [0.15, 0.2) is 91.0 Å². The minimum atomic E-state index is -1.38. The maximum absolute atomic E-state index is 13.6. The van der Waals surface area contributed by atoms with Gasteiger partial charge in [-0.3, -0.25) is 14.4 Å². The first-order valence-corrected chi connectivity index (χ1v) is 15.0. The summed E-state index contributed by atoms with van der Waals surface area (Å²) in [6, 6.07) is 24.7. The maximum Gasteiger partial charge on any atom is 0.407 e. The molecule has 11 heteroatoms. The van der Waals surface area contributed by atoms with E-state index in [2.05, 4.69) is 16.0 Å². The molecule has 244 valence electrons. The molecule has 0 aliphatic rings. The third kappa shape index (κ3) is 13.6. The summed E-state index contributed by atoms with van der Waals surface area (Å²) in [5.74, 6) is -2.80. The summed E-state index contributed by atoms with van der Waals surface area (Å²) in [7, 11) is 0. The van der Waals surface area contributed by atoms with Gasteiger partial charge < -0.3 is 30.2 Å². The number of hydrogen-bond donors (Lipinski definition) is 3. The van der Waals surface area contributed by atoms with E-state index in [0.717, 1.165) is 16.7 Å². The van der Waals surface area contributed by atoms with E-state index >= 15 is 0 Å². The second-order valence-corrected chi connectivity index (χ2v) is 11.5. The molecule has 0 unspecified atom stereocenters. The summed E-state index contributed by atoms with van der Waals surface area (Å²) in [5, 5.41) is 7.68. The van der Waals surface area contributed by atoms with Crippen LogP contribution in [0, 0.1) is 0 Å². The van der Waals surface area contributed by atoms with E-state index in [0.29, 0.717) is 0 Å². The van der Waals surface area contributed by atoms with Crippen LogP contribution in [-0.2, 0) is 53.0 Å². The highest BCUT2D eigenvalue weighted by molar-refractivity contribution is 5.93. The van der Waals surface area contributed by atoms with Crippen LogP contribution in [0.5, 0.6) is 0 Å². The Morgan fingerprint density at radius 1 is 0.674 bits per heavy atom. The molecule has 0 spiro atoms. The lowest BCUT2D eigenvalue weighted by Crippen LogP contribution is -2.53. The number of amides is 3. The standard InChI is InChI=1S/C35H41N3O8/c1-35(2,3)46-34(43)36-20-19-30(39)37-28(22-31(40)44-23-26-15-9-5-10-16-26)32(41)38-29(21-25-13-7-4-8-14-25)33(42)45-24-27-17-11-6-12-18-27/h4-18,28-29H,19-24H2,1-3H3,(H,36,43)(H,37,39)(H,38,41)/t28-,29-/m0/s1. The molecule has 3 N–H and O–H groups in total. The number of hydrogen-bond acceptors (Lipinski definition) is 8. The third-order valence-corrected chi connectivity index (χ3v) is 6.39. The van der Waals surface area contributed by atoms with Crippen LogP contribution in [0.3, 0.4) is 0 Å². The van der Waals surface area contributed by atoms with Crippen molar-refractivity contribution < 1.29 is 38.2 Å². The van der Waals surface area contributed by atoms with E-state index in [-0.39, 0.29) is 32.6 Å². The maximum atomic E-state index is 13.6. The molecule has 3 rings (SSSR count). The van der Waals surface area contributed by atoms with Crippen LogP contribution >= 0.6 is 0 Å². The number of carbonyl (C=O) groups excluding carboxylic acids is 5.